The van der Waals surface area contributed by atoms with Crippen LogP contribution in [0.5, 0.6) is 0 Å². The maximum Gasteiger partial charge on any atom is 0.126 e. The van der Waals surface area contributed by atoms with E-state index in [1.54, 1.807) is 5.51 Å². The summed E-state index contributed by atoms with van der Waals surface area (Å²) < 4.78 is 1.68. The predicted molar refractivity (Wildman–Crippen MR) is 77.2 cm³/mol. The van der Waals surface area contributed by atoms with Crippen molar-refractivity contribution in [3.63, 3.8) is 0 Å². The lowest BCUT2D eigenvalue weighted by atomic mass is 9.90. The van der Waals surface area contributed by atoms with E-state index < -0.39 is 5.60 Å². The third kappa shape index (κ3) is 2.47. The molecule has 2 aromatic rings. The first-order valence-corrected chi connectivity index (χ1v) is 7.62. The number of thiazole rings is 1. The Kier molecular flexibility index (Phi) is 4.02. The van der Waals surface area contributed by atoms with Crippen LogP contribution < -0.4 is 0 Å². The molecule has 0 radical (unpaired) electrons. The van der Waals surface area contributed by atoms with Crippen molar-refractivity contribution >= 4 is 43.2 Å². The zero-order chi connectivity index (χ0) is 12.5. The molecule has 1 aromatic heterocycles. The largest absolute Gasteiger partial charge is 0.379 e. The molecule has 0 bridgehead atoms. The molecule has 0 saturated heterocycles. The molecule has 1 N–H and O–H groups in total. The first kappa shape index (κ1) is 13.2. The van der Waals surface area contributed by atoms with Gasteiger partial charge in [-0.15, -0.1) is 11.3 Å². The van der Waals surface area contributed by atoms with Gasteiger partial charge in [-0.05, 0) is 40.0 Å². The van der Waals surface area contributed by atoms with Crippen LogP contribution in [0.2, 0.25) is 0 Å². The molecule has 0 spiro atoms. The fourth-order valence-electron chi connectivity index (χ4n) is 1.74. The van der Waals surface area contributed by atoms with E-state index in [0.29, 0.717) is 11.0 Å². The van der Waals surface area contributed by atoms with Crippen LogP contribution in [0.1, 0.15) is 23.8 Å². The minimum atomic E-state index is -0.982. The number of nitrogens with zero attached hydrogens (tertiary/aromatic N) is 1. The molecule has 0 aliphatic carbocycles. The van der Waals surface area contributed by atoms with Gasteiger partial charge in [0.25, 0.3) is 0 Å². The third-order valence-corrected chi connectivity index (χ3v) is 5.05. The van der Waals surface area contributed by atoms with Crippen LogP contribution in [0.25, 0.3) is 0 Å². The third-order valence-electron chi connectivity index (χ3n) is 2.71. The van der Waals surface area contributed by atoms with Gasteiger partial charge in [0.15, 0.2) is 0 Å². The number of aromatic nitrogens is 1. The lowest BCUT2D eigenvalue weighted by molar-refractivity contribution is 0.0794. The summed E-state index contributed by atoms with van der Waals surface area (Å²) in [6, 6.07) is 7.74. The molecule has 1 atom stereocenters. The van der Waals surface area contributed by atoms with Crippen molar-refractivity contribution in [2.45, 2.75) is 18.9 Å². The number of halogens is 2. The molecule has 0 saturated carbocycles. The van der Waals surface area contributed by atoms with Gasteiger partial charge in [0, 0.05) is 4.47 Å². The van der Waals surface area contributed by atoms with Crippen LogP contribution in [-0.2, 0) is 5.60 Å². The summed E-state index contributed by atoms with van der Waals surface area (Å²) in [6.45, 7) is 1.97. The Hall–Kier alpha value is -0.230. The minimum absolute atomic E-state index is 0.601. The molecule has 90 valence electrons. The topological polar surface area (TPSA) is 33.1 Å². The monoisotopic (exact) mass is 375 g/mol. The maximum atomic E-state index is 10.9. The van der Waals surface area contributed by atoms with Crippen molar-refractivity contribution < 1.29 is 5.11 Å². The zero-order valence-electron chi connectivity index (χ0n) is 9.15. The first-order valence-electron chi connectivity index (χ1n) is 5.16. The Morgan fingerprint density at radius 1 is 1.41 bits per heavy atom. The average Bonchev–Trinajstić information content (AvgIpc) is 2.75. The van der Waals surface area contributed by atoms with Gasteiger partial charge in [-0.3, -0.25) is 0 Å². The molecule has 1 heterocycles. The Bertz CT molecular complexity index is 529. The molecule has 0 aliphatic rings. The Morgan fingerprint density at radius 3 is 2.71 bits per heavy atom. The second-order valence-corrected chi connectivity index (χ2v) is 6.22. The second kappa shape index (κ2) is 5.18. The van der Waals surface area contributed by atoms with Crippen LogP contribution in [0.3, 0.4) is 0 Å². The van der Waals surface area contributed by atoms with Crippen molar-refractivity contribution in [2.75, 3.05) is 0 Å². The van der Waals surface area contributed by atoms with Gasteiger partial charge in [0.2, 0.25) is 0 Å². The number of rotatable bonds is 3. The van der Waals surface area contributed by atoms with E-state index in [1.807, 2.05) is 31.2 Å². The maximum absolute atomic E-state index is 10.9. The average molecular weight is 377 g/mol. The summed E-state index contributed by atoms with van der Waals surface area (Å²) in [5.74, 6) is 0. The molecule has 2 rings (SSSR count). The summed E-state index contributed by atoms with van der Waals surface area (Å²) in [7, 11) is 0. The van der Waals surface area contributed by atoms with E-state index in [9.17, 15) is 5.11 Å². The van der Waals surface area contributed by atoms with Crippen LogP contribution in [0, 0.1) is 0 Å². The number of hydrogen-bond donors (Lipinski definition) is 1. The van der Waals surface area contributed by atoms with Crippen molar-refractivity contribution in [3.05, 3.63) is 49.3 Å². The van der Waals surface area contributed by atoms with E-state index in [0.717, 1.165) is 14.9 Å². The summed E-state index contributed by atoms with van der Waals surface area (Å²) in [6.07, 6.45) is 0.601. The van der Waals surface area contributed by atoms with Gasteiger partial charge in [0.1, 0.15) is 10.2 Å². The molecule has 1 unspecified atom stereocenters. The SMILES string of the molecule is CCC(O)(c1cccc(Br)c1)c1scnc1Br. The fraction of sp³-hybridized carbons (Fsp3) is 0.250. The van der Waals surface area contributed by atoms with Crippen LogP contribution in [0.15, 0.2) is 38.9 Å². The van der Waals surface area contributed by atoms with E-state index in [-0.39, 0.29) is 0 Å². The lowest BCUT2D eigenvalue weighted by Gasteiger charge is -2.26. The molecule has 0 aliphatic heterocycles. The van der Waals surface area contributed by atoms with E-state index in [2.05, 4.69) is 36.8 Å². The number of aliphatic hydroxyl groups is 1. The van der Waals surface area contributed by atoms with Gasteiger partial charge in [-0.1, -0.05) is 35.0 Å². The molecule has 2 nitrogen and oxygen atoms in total. The first-order chi connectivity index (χ1) is 8.08. The van der Waals surface area contributed by atoms with Gasteiger partial charge >= 0.3 is 0 Å². The normalized spacial score (nSPS) is 14.6. The molecule has 1 aromatic carbocycles. The molecular formula is C12H11Br2NOS. The minimum Gasteiger partial charge on any atom is -0.379 e. The highest BCUT2D eigenvalue weighted by molar-refractivity contribution is 9.10. The number of hydrogen-bond acceptors (Lipinski definition) is 3. The highest BCUT2D eigenvalue weighted by Gasteiger charge is 2.33. The number of benzene rings is 1. The molecule has 17 heavy (non-hydrogen) atoms. The molecule has 5 heteroatoms. The van der Waals surface area contributed by atoms with E-state index in [4.69, 9.17) is 0 Å². The van der Waals surface area contributed by atoms with E-state index >= 15 is 0 Å². The molecule has 0 amide bonds. The standard InChI is InChI=1S/C12H11Br2NOS/c1-2-12(16,10-11(14)15-7-17-10)8-4-3-5-9(13)6-8/h3-7,16H,2H2,1H3. The summed E-state index contributed by atoms with van der Waals surface area (Å²) in [5.41, 5.74) is 1.63. The molecule has 0 fully saturated rings. The van der Waals surface area contributed by atoms with Crippen molar-refractivity contribution in [1.82, 2.24) is 4.98 Å². The smallest absolute Gasteiger partial charge is 0.126 e. The quantitative estimate of drug-likeness (QED) is 0.865. The highest BCUT2D eigenvalue weighted by Crippen LogP contribution is 2.39. The Morgan fingerprint density at radius 2 is 2.18 bits per heavy atom. The zero-order valence-corrected chi connectivity index (χ0v) is 13.1. The van der Waals surface area contributed by atoms with Gasteiger partial charge in [-0.25, -0.2) is 4.98 Å². The van der Waals surface area contributed by atoms with Crippen LogP contribution in [-0.4, -0.2) is 10.1 Å². The Balaban J connectivity index is 2.55. The Labute approximate surface area is 121 Å². The summed E-state index contributed by atoms with van der Waals surface area (Å²) in [5, 5.41) is 10.9. The highest BCUT2D eigenvalue weighted by atomic mass is 79.9. The van der Waals surface area contributed by atoms with Crippen molar-refractivity contribution in [2.24, 2.45) is 0 Å². The molecular weight excluding hydrogens is 366 g/mol. The van der Waals surface area contributed by atoms with Crippen molar-refractivity contribution in [3.8, 4) is 0 Å². The van der Waals surface area contributed by atoms with Gasteiger partial charge < -0.3 is 5.11 Å². The second-order valence-electron chi connectivity index (χ2n) is 3.70. The van der Waals surface area contributed by atoms with Gasteiger partial charge in [-0.2, -0.15) is 0 Å². The summed E-state index contributed by atoms with van der Waals surface area (Å²) >= 11 is 8.28. The van der Waals surface area contributed by atoms with Crippen LogP contribution in [0.4, 0.5) is 0 Å². The van der Waals surface area contributed by atoms with Crippen molar-refractivity contribution in [1.29, 1.82) is 0 Å². The van der Waals surface area contributed by atoms with Crippen LogP contribution >= 0.6 is 43.2 Å². The van der Waals surface area contributed by atoms with E-state index in [1.165, 1.54) is 11.3 Å². The fourth-order valence-corrected chi connectivity index (χ4v) is 3.86. The lowest BCUT2D eigenvalue weighted by Crippen LogP contribution is -2.25. The van der Waals surface area contributed by atoms with Gasteiger partial charge in [0.05, 0.1) is 10.4 Å². The summed E-state index contributed by atoms with van der Waals surface area (Å²) in [4.78, 5) is 4.99. The predicted octanol–water partition coefficient (Wildman–Crippen LogP) is 4.31.